The van der Waals surface area contributed by atoms with Gasteiger partial charge >= 0.3 is 5.69 Å². The lowest BCUT2D eigenvalue weighted by Gasteiger charge is -2.17. The van der Waals surface area contributed by atoms with Crippen LogP contribution in [0.25, 0.3) is 10.9 Å². The van der Waals surface area contributed by atoms with Gasteiger partial charge in [-0.3, -0.25) is 14.0 Å². The Bertz CT molecular complexity index is 1570. The van der Waals surface area contributed by atoms with E-state index in [4.69, 9.17) is 16.9 Å². The molecule has 0 amide bonds. The minimum atomic E-state index is -1.38. The summed E-state index contributed by atoms with van der Waals surface area (Å²) in [5, 5.41) is 17.0. The van der Waals surface area contributed by atoms with Gasteiger partial charge in [0.15, 0.2) is 11.6 Å². The molecule has 8 nitrogen and oxygen atoms in total. The average molecular weight is 475 g/mol. The molecule has 0 fully saturated rings. The van der Waals surface area contributed by atoms with E-state index in [2.05, 4.69) is 10.4 Å². The number of anilines is 2. The fourth-order valence-electron chi connectivity index (χ4n) is 3.35. The third kappa shape index (κ3) is 4.20. The second-order valence-corrected chi connectivity index (χ2v) is 7.56. The molecule has 1 N–H and O–H groups in total. The minimum Gasteiger partial charge on any atom is -0.340 e. The summed E-state index contributed by atoms with van der Waals surface area (Å²) in [7, 11) is 1.73. The van der Waals surface area contributed by atoms with E-state index in [-0.39, 0.29) is 16.4 Å². The minimum absolute atomic E-state index is 0.0894. The Morgan fingerprint density at radius 3 is 2.52 bits per heavy atom. The van der Waals surface area contributed by atoms with Gasteiger partial charge in [0.2, 0.25) is 0 Å². The Hall–Kier alpha value is -4.04. The summed E-state index contributed by atoms with van der Waals surface area (Å²) < 4.78 is 44.5. The number of aryl methyl sites for hydroxylation is 1. The summed E-state index contributed by atoms with van der Waals surface area (Å²) in [5.41, 5.74) is -1.15. The van der Waals surface area contributed by atoms with Crippen molar-refractivity contribution in [3.05, 3.63) is 85.4 Å². The van der Waals surface area contributed by atoms with Crippen molar-refractivity contribution in [2.45, 2.75) is 13.1 Å². The largest absolute Gasteiger partial charge is 0.340 e. The van der Waals surface area contributed by atoms with Gasteiger partial charge < -0.3 is 5.32 Å². The summed E-state index contributed by atoms with van der Waals surface area (Å²) in [6.45, 7) is -1.11. The predicted molar refractivity (Wildman–Crippen MR) is 115 cm³/mol. The number of nitriles is 1. The maximum absolute atomic E-state index is 14.3. The monoisotopic (exact) mass is 474 g/mol. The maximum Gasteiger partial charge on any atom is 0.333 e. The molecule has 0 saturated heterocycles. The van der Waals surface area contributed by atoms with E-state index in [1.807, 2.05) is 0 Å². The van der Waals surface area contributed by atoms with Crippen LogP contribution in [-0.2, 0) is 20.1 Å². The number of fused-ring (bicyclic) bond motifs is 1. The topological polar surface area (TPSA) is 97.6 Å². The molecule has 2 heterocycles. The van der Waals surface area contributed by atoms with E-state index in [1.165, 1.54) is 0 Å². The second kappa shape index (κ2) is 8.48. The van der Waals surface area contributed by atoms with E-state index in [0.29, 0.717) is 33.3 Å². The molecule has 12 heteroatoms. The Morgan fingerprint density at radius 1 is 1.06 bits per heavy atom. The van der Waals surface area contributed by atoms with E-state index in [1.54, 1.807) is 36.1 Å². The van der Waals surface area contributed by atoms with E-state index < -0.39 is 41.8 Å². The molecule has 4 rings (SSSR count). The molecular weight excluding hydrogens is 461 g/mol. The Morgan fingerprint density at radius 2 is 1.79 bits per heavy atom. The van der Waals surface area contributed by atoms with Crippen LogP contribution in [0.3, 0.4) is 0 Å². The summed E-state index contributed by atoms with van der Waals surface area (Å²) in [6.07, 6.45) is 1.73. The van der Waals surface area contributed by atoms with Crippen molar-refractivity contribution >= 4 is 34.0 Å². The molecule has 0 saturated carbocycles. The molecule has 4 aromatic rings. The number of nitrogens with one attached hydrogen (secondary N) is 1. The number of benzene rings is 2. The third-order valence-corrected chi connectivity index (χ3v) is 5.21. The van der Waals surface area contributed by atoms with E-state index in [0.717, 1.165) is 10.6 Å². The van der Waals surface area contributed by atoms with Gasteiger partial charge in [0, 0.05) is 36.3 Å². The van der Waals surface area contributed by atoms with Crippen molar-refractivity contribution in [1.82, 2.24) is 18.9 Å². The van der Waals surface area contributed by atoms with Crippen molar-refractivity contribution in [3.8, 4) is 6.07 Å². The first-order valence-electron chi connectivity index (χ1n) is 9.43. The molecule has 0 spiro atoms. The highest BCUT2D eigenvalue weighted by molar-refractivity contribution is 6.34. The van der Waals surface area contributed by atoms with Gasteiger partial charge in [0.1, 0.15) is 18.2 Å². The standard InChI is InChI=1S/C21H14ClF3N6O2/c1-29-9-12-5-18(13(22)6-17(12)28-29)27-19-8-20(32)30(3-2-26)21(33)31(19)10-11-4-15(24)16(25)7-14(11)23/h4-9,27H,3,10H2,1H3. The van der Waals surface area contributed by atoms with Crippen molar-refractivity contribution in [3.63, 3.8) is 0 Å². The first-order valence-corrected chi connectivity index (χ1v) is 9.80. The molecule has 0 radical (unpaired) electrons. The number of aromatic nitrogens is 4. The average Bonchev–Trinajstić information content (AvgIpc) is 3.10. The quantitative estimate of drug-likeness (QED) is 0.448. The van der Waals surface area contributed by atoms with Crippen molar-refractivity contribution in [2.24, 2.45) is 7.05 Å². The molecule has 0 unspecified atom stereocenters. The van der Waals surface area contributed by atoms with Crippen LogP contribution in [0.15, 0.2) is 46.1 Å². The zero-order valence-corrected chi connectivity index (χ0v) is 17.7. The molecule has 2 aromatic heterocycles. The van der Waals surface area contributed by atoms with Crippen molar-refractivity contribution in [2.75, 3.05) is 5.32 Å². The van der Waals surface area contributed by atoms with E-state index >= 15 is 0 Å². The maximum atomic E-state index is 14.3. The Labute approximate surface area is 188 Å². The molecule has 168 valence electrons. The summed E-state index contributed by atoms with van der Waals surface area (Å²) >= 11 is 6.32. The first kappa shape index (κ1) is 22.2. The van der Waals surface area contributed by atoms with Crippen molar-refractivity contribution < 1.29 is 13.2 Å². The van der Waals surface area contributed by atoms with Gasteiger partial charge in [-0.25, -0.2) is 22.5 Å². The number of hydrogen-bond donors (Lipinski definition) is 1. The fourth-order valence-corrected chi connectivity index (χ4v) is 3.55. The Kier molecular flexibility index (Phi) is 5.69. The number of rotatable bonds is 5. The van der Waals surface area contributed by atoms with Crippen LogP contribution in [0.1, 0.15) is 5.56 Å². The van der Waals surface area contributed by atoms with Crippen LogP contribution < -0.4 is 16.6 Å². The van der Waals surface area contributed by atoms with Gasteiger partial charge in [0.25, 0.3) is 5.56 Å². The molecule has 0 aliphatic heterocycles. The Balaban J connectivity index is 1.87. The van der Waals surface area contributed by atoms with Gasteiger partial charge in [-0.2, -0.15) is 10.4 Å². The number of halogens is 4. The third-order valence-electron chi connectivity index (χ3n) is 4.90. The summed E-state index contributed by atoms with van der Waals surface area (Å²) in [5.74, 6) is -3.86. The molecule has 0 aliphatic carbocycles. The van der Waals surface area contributed by atoms with Gasteiger partial charge in [-0.1, -0.05) is 11.6 Å². The van der Waals surface area contributed by atoms with Gasteiger partial charge in [0.05, 0.1) is 28.8 Å². The molecule has 0 atom stereocenters. The van der Waals surface area contributed by atoms with Crippen LogP contribution >= 0.6 is 11.6 Å². The van der Waals surface area contributed by atoms with Crippen LogP contribution in [0.5, 0.6) is 0 Å². The lowest BCUT2D eigenvalue weighted by molar-refractivity contribution is 0.486. The highest BCUT2D eigenvalue weighted by atomic mass is 35.5. The fraction of sp³-hybridized carbons (Fsp3) is 0.143. The zero-order chi connectivity index (χ0) is 23.9. The predicted octanol–water partition coefficient (Wildman–Crippen LogP) is 3.28. The smallest absolute Gasteiger partial charge is 0.333 e. The lowest BCUT2D eigenvalue weighted by atomic mass is 10.2. The highest BCUT2D eigenvalue weighted by Gasteiger charge is 2.17. The molecule has 0 aliphatic rings. The summed E-state index contributed by atoms with van der Waals surface area (Å²) in [4.78, 5) is 25.4. The highest BCUT2D eigenvalue weighted by Crippen LogP contribution is 2.30. The van der Waals surface area contributed by atoms with Crippen molar-refractivity contribution in [1.29, 1.82) is 5.26 Å². The van der Waals surface area contributed by atoms with Crippen LogP contribution in [0, 0.1) is 28.8 Å². The lowest BCUT2D eigenvalue weighted by Crippen LogP contribution is -2.40. The van der Waals surface area contributed by atoms with Crippen LogP contribution in [-0.4, -0.2) is 18.9 Å². The second-order valence-electron chi connectivity index (χ2n) is 7.16. The molecule has 2 aromatic carbocycles. The first-order chi connectivity index (χ1) is 15.7. The molecule has 33 heavy (non-hydrogen) atoms. The van der Waals surface area contributed by atoms with Crippen LogP contribution in [0.2, 0.25) is 5.02 Å². The van der Waals surface area contributed by atoms with E-state index in [9.17, 15) is 22.8 Å². The van der Waals surface area contributed by atoms with Crippen LogP contribution in [0.4, 0.5) is 24.7 Å². The summed E-state index contributed by atoms with van der Waals surface area (Å²) in [6, 6.07) is 6.93. The molecular formula is C21H14ClF3N6O2. The number of hydrogen-bond acceptors (Lipinski definition) is 5. The normalized spacial score (nSPS) is 11.0. The number of nitrogens with zero attached hydrogens (tertiary/aromatic N) is 5. The van der Waals surface area contributed by atoms with Gasteiger partial charge in [-0.05, 0) is 18.2 Å². The van der Waals surface area contributed by atoms with Gasteiger partial charge in [-0.15, -0.1) is 0 Å². The zero-order valence-electron chi connectivity index (χ0n) is 16.9. The molecule has 0 bridgehead atoms. The SMILES string of the molecule is Cn1cc2cc(Nc3cc(=O)n(CC#N)c(=O)n3Cc3cc(F)c(F)cc3F)c(Cl)cc2n1.